The van der Waals surface area contributed by atoms with Crippen LogP contribution in [0.4, 0.5) is 5.82 Å². The molecule has 0 saturated carbocycles. The Hall–Kier alpha value is -2.11. The van der Waals surface area contributed by atoms with Gasteiger partial charge in [-0.05, 0) is 13.3 Å². The number of rotatable bonds is 6. The number of ether oxygens (including phenoxy) is 1. The number of nitrogens with one attached hydrogen (secondary N) is 1. The second kappa shape index (κ2) is 6.17. The molecule has 102 valence electrons. The molecule has 6 heteroatoms. The predicted octanol–water partition coefficient (Wildman–Crippen LogP) is 2.06. The smallest absolute Gasteiger partial charge is 0.205 e. The zero-order valence-electron chi connectivity index (χ0n) is 11.6. The number of nitrogens with zero attached hydrogens (tertiary/aromatic N) is 4. The normalized spacial score (nSPS) is 10.5. The van der Waals surface area contributed by atoms with Gasteiger partial charge in [-0.2, -0.15) is 0 Å². The average Bonchev–Trinajstić information content (AvgIpc) is 2.87. The van der Waals surface area contributed by atoms with Crippen LogP contribution in [0.3, 0.4) is 0 Å². The van der Waals surface area contributed by atoms with Crippen LogP contribution in [0.1, 0.15) is 26.1 Å². The SMILES string of the molecule is CCCc1nccn1-c1ncnc(NCC)c1OC. The maximum Gasteiger partial charge on any atom is 0.205 e. The van der Waals surface area contributed by atoms with Gasteiger partial charge in [0.25, 0.3) is 0 Å². The fourth-order valence-corrected chi connectivity index (χ4v) is 1.95. The minimum atomic E-state index is 0.639. The van der Waals surface area contributed by atoms with Gasteiger partial charge in [0.1, 0.15) is 12.2 Å². The number of hydrogen-bond donors (Lipinski definition) is 1. The molecule has 0 radical (unpaired) electrons. The van der Waals surface area contributed by atoms with Crippen molar-refractivity contribution in [1.82, 2.24) is 19.5 Å². The minimum Gasteiger partial charge on any atom is -0.490 e. The molecule has 0 unspecified atom stereocenters. The summed E-state index contributed by atoms with van der Waals surface area (Å²) in [6.45, 7) is 4.92. The van der Waals surface area contributed by atoms with Crippen LogP contribution in [-0.2, 0) is 6.42 Å². The van der Waals surface area contributed by atoms with Crippen LogP contribution in [0, 0.1) is 0 Å². The van der Waals surface area contributed by atoms with Gasteiger partial charge in [0.15, 0.2) is 11.6 Å². The summed E-state index contributed by atoms with van der Waals surface area (Å²) in [6, 6.07) is 0. The van der Waals surface area contributed by atoms with Crippen LogP contribution < -0.4 is 10.1 Å². The molecule has 0 spiro atoms. The zero-order valence-corrected chi connectivity index (χ0v) is 11.6. The highest BCUT2D eigenvalue weighted by molar-refractivity contribution is 5.58. The van der Waals surface area contributed by atoms with Crippen molar-refractivity contribution in [3.63, 3.8) is 0 Å². The molecule has 2 aromatic rings. The van der Waals surface area contributed by atoms with E-state index in [0.717, 1.165) is 31.0 Å². The molecule has 0 aliphatic heterocycles. The van der Waals surface area contributed by atoms with Crippen LogP contribution in [0.2, 0.25) is 0 Å². The maximum atomic E-state index is 5.45. The third-order valence-corrected chi connectivity index (χ3v) is 2.75. The van der Waals surface area contributed by atoms with Crippen LogP contribution in [0.15, 0.2) is 18.7 Å². The zero-order chi connectivity index (χ0) is 13.7. The Kier molecular flexibility index (Phi) is 4.33. The highest BCUT2D eigenvalue weighted by Gasteiger charge is 2.15. The number of anilines is 1. The molecular formula is C13H19N5O. The first-order chi connectivity index (χ1) is 9.31. The molecule has 0 saturated heterocycles. The monoisotopic (exact) mass is 261 g/mol. The second-order valence-electron chi connectivity index (χ2n) is 4.07. The summed E-state index contributed by atoms with van der Waals surface area (Å²) in [4.78, 5) is 12.9. The Balaban J connectivity index is 2.48. The first-order valence-corrected chi connectivity index (χ1v) is 6.47. The van der Waals surface area contributed by atoms with Crippen molar-refractivity contribution in [2.24, 2.45) is 0 Å². The second-order valence-corrected chi connectivity index (χ2v) is 4.07. The molecule has 0 bridgehead atoms. The van der Waals surface area contributed by atoms with E-state index in [1.165, 1.54) is 6.33 Å². The van der Waals surface area contributed by atoms with Gasteiger partial charge in [-0.3, -0.25) is 4.57 Å². The number of aromatic nitrogens is 4. The van der Waals surface area contributed by atoms with E-state index >= 15 is 0 Å². The van der Waals surface area contributed by atoms with Crippen molar-refractivity contribution < 1.29 is 4.74 Å². The van der Waals surface area contributed by atoms with Gasteiger partial charge in [0, 0.05) is 25.4 Å². The number of imidazole rings is 1. The molecule has 2 aromatic heterocycles. The van der Waals surface area contributed by atoms with E-state index in [2.05, 4.69) is 27.2 Å². The molecule has 19 heavy (non-hydrogen) atoms. The fourth-order valence-electron chi connectivity index (χ4n) is 1.95. The van der Waals surface area contributed by atoms with Crippen molar-refractivity contribution in [3.05, 3.63) is 24.5 Å². The summed E-state index contributed by atoms with van der Waals surface area (Å²) < 4.78 is 7.40. The van der Waals surface area contributed by atoms with Crippen molar-refractivity contribution in [2.45, 2.75) is 26.7 Å². The van der Waals surface area contributed by atoms with Gasteiger partial charge < -0.3 is 10.1 Å². The lowest BCUT2D eigenvalue weighted by Crippen LogP contribution is -2.09. The molecule has 0 atom stereocenters. The molecule has 6 nitrogen and oxygen atoms in total. The highest BCUT2D eigenvalue weighted by atomic mass is 16.5. The molecule has 1 N–H and O–H groups in total. The van der Waals surface area contributed by atoms with Crippen molar-refractivity contribution in [3.8, 4) is 11.6 Å². The topological polar surface area (TPSA) is 64.9 Å². The molecule has 2 heterocycles. The van der Waals surface area contributed by atoms with E-state index in [4.69, 9.17) is 4.74 Å². The van der Waals surface area contributed by atoms with Gasteiger partial charge in [-0.25, -0.2) is 15.0 Å². The quantitative estimate of drug-likeness (QED) is 0.862. The Morgan fingerprint density at radius 3 is 2.79 bits per heavy atom. The van der Waals surface area contributed by atoms with Gasteiger partial charge in [0.05, 0.1) is 7.11 Å². The first-order valence-electron chi connectivity index (χ1n) is 6.47. The van der Waals surface area contributed by atoms with Crippen LogP contribution >= 0.6 is 0 Å². The molecule has 0 aliphatic rings. The summed E-state index contributed by atoms with van der Waals surface area (Å²) in [7, 11) is 1.62. The summed E-state index contributed by atoms with van der Waals surface area (Å²) in [5.41, 5.74) is 0. The fraction of sp³-hybridized carbons (Fsp3) is 0.462. The molecule has 0 aliphatic carbocycles. The van der Waals surface area contributed by atoms with E-state index in [1.54, 1.807) is 13.3 Å². The van der Waals surface area contributed by atoms with Crippen molar-refractivity contribution >= 4 is 5.82 Å². The molecule has 0 fully saturated rings. The van der Waals surface area contributed by atoms with E-state index in [1.807, 2.05) is 17.7 Å². The minimum absolute atomic E-state index is 0.639. The summed E-state index contributed by atoms with van der Waals surface area (Å²) in [6.07, 6.45) is 7.14. The van der Waals surface area contributed by atoms with E-state index in [0.29, 0.717) is 11.6 Å². The third kappa shape index (κ3) is 2.67. The van der Waals surface area contributed by atoms with Crippen LogP contribution in [0.25, 0.3) is 5.82 Å². The number of hydrogen-bond acceptors (Lipinski definition) is 5. The Morgan fingerprint density at radius 1 is 1.26 bits per heavy atom. The maximum absolute atomic E-state index is 5.45. The highest BCUT2D eigenvalue weighted by Crippen LogP contribution is 2.28. The molecular weight excluding hydrogens is 242 g/mol. The van der Waals surface area contributed by atoms with Gasteiger partial charge in [-0.15, -0.1) is 0 Å². The summed E-state index contributed by atoms with van der Waals surface area (Å²) in [5.74, 6) is 3.03. The number of aryl methyl sites for hydroxylation is 1. The van der Waals surface area contributed by atoms with Gasteiger partial charge in [0.2, 0.25) is 5.75 Å². The lowest BCUT2D eigenvalue weighted by Gasteiger charge is -2.14. The predicted molar refractivity (Wildman–Crippen MR) is 73.9 cm³/mol. The van der Waals surface area contributed by atoms with Crippen LogP contribution in [-0.4, -0.2) is 33.2 Å². The number of methoxy groups -OCH3 is 1. The van der Waals surface area contributed by atoms with Gasteiger partial charge in [-0.1, -0.05) is 6.92 Å². The Morgan fingerprint density at radius 2 is 2.11 bits per heavy atom. The van der Waals surface area contributed by atoms with Crippen molar-refractivity contribution in [1.29, 1.82) is 0 Å². The van der Waals surface area contributed by atoms with E-state index < -0.39 is 0 Å². The van der Waals surface area contributed by atoms with Crippen molar-refractivity contribution in [2.75, 3.05) is 19.0 Å². The summed E-state index contributed by atoms with van der Waals surface area (Å²) in [5, 5.41) is 3.17. The van der Waals surface area contributed by atoms with Crippen LogP contribution in [0.5, 0.6) is 5.75 Å². The van der Waals surface area contributed by atoms with Gasteiger partial charge >= 0.3 is 0 Å². The first kappa shape index (κ1) is 13.3. The lowest BCUT2D eigenvalue weighted by molar-refractivity contribution is 0.410. The lowest BCUT2D eigenvalue weighted by atomic mass is 10.3. The molecule has 0 amide bonds. The Bertz CT molecular complexity index is 538. The molecule has 2 rings (SSSR count). The van der Waals surface area contributed by atoms with E-state index in [-0.39, 0.29) is 0 Å². The standard InChI is InChI=1S/C13H19N5O/c1-4-6-10-15-7-8-18(10)13-11(19-3)12(14-5-2)16-9-17-13/h7-9H,4-6H2,1-3H3,(H,14,16,17). The molecule has 0 aromatic carbocycles. The average molecular weight is 261 g/mol. The largest absolute Gasteiger partial charge is 0.490 e. The van der Waals surface area contributed by atoms with E-state index in [9.17, 15) is 0 Å². The third-order valence-electron chi connectivity index (χ3n) is 2.75. The Labute approximate surface area is 112 Å². The summed E-state index contributed by atoms with van der Waals surface area (Å²) >= 11 is 0.